The summed E-state index contributed by atoms with van der Waals surface area (Å²) in [5.41, 5.74) is 0.579. The lowest BCUT2D eigenvalue weighted by Crippen LogP contribution is -2.42. The molecule has 0 aliphatic carbocycles. The van der Waals surface area contributed by atoms with Crippen molar-refractivity contribution in [1.29, 1.82) is 0 Å². The van der Waals surface area contributed by atoms with E-state index in [0.29, 0.717) is 33.9 Å². The van der Waals surface area contributed by atoms with E-state index in [4.69, 9.17) is 21.1 Å². The SMILES string of the molecule is CCOC(=O)C1(C)CN(CC(=O)N(SC(=O)OC)c2ccc(Br)cc2)N=C1c1ccc(Cl)cc1. The molecule has 180 valence electrons. The monoisotopic (exact) mass is 567 g/mol. The van der Waals surface area contributed by atoms with Gasteiger partial charge in [-0.25, -0.2) is 9.10 Å². The quantitative estimate of drug-likeness (QED) is 0.352. The Bertz CT molecular complexity index is 1100. The topological polar surface area (TPSA) is 88.5 Å². The standard InChI is InChI=1S/C23H23BrClN3O5S/c1-4-33-21(30)23(2)14-27(26-20(23)15-5-9-17(25)10-6-15)13-19(29)28(34-22(31)32-3)18-11-7-16(24)8-12-18/h5-12H,4,13-14H2,1-3H3. The van der Waals surface area contributed by atoms with Gasteiger partial charge in [0.05, 0.1) is 43.6 Å². The van der Waals surface area contributed by atoms with Gasteiger partial charge >= 0.3 is 11.3 Å². The summed E-state index contributed by atoms with van der Waals surface area (Å²) in [6, 6.07) is 13.9. The number of hydrogen-bond donors (Lipinski definition) is 0. The molecule has 0 saturated heterocycles. The van der Waals surface area contributed by atoms with Crippen molar-refractivity contribution in [2.75, 3.05) is 31.1 Å². The predicted molar refractivity (Wildman–Crippen MR) is 136 cm³/mol. The number of nitrogens with zero attached hydrogens (tertiary/aromatic N) is 3. The molecule has 0 N–H and O–H groups in total. The molecule has 1 unspecified atom stereocenters. The highest BCUT2D eigenvalue weighted by atomic mass is 79.9. The molecule has 0 fully saturated rings. The highest BCUT2D eigenvalue weighted by molar-refractivity contribution is 9.10. The minimum Gasteiger partial charge on any atom is -0.465 e. The summed E-state index contributed by atoms with van der Waals surface area (Å²) in [6.45, 7) is 3.64. The molecule has 1 amide bonds. The molecule has 2 aromatic carbocycles. The molecule has 0 spiro atoms. The van der Waals surface area contributed by atoms with Crippen molar-refractivity contribution in [3.8, 4) is 0 Å². The Morgan fingerprint density at radius 1 is 1.18 bits per heavy atom. The van der Waals surface area contributed by atoms with Crippen molar-refractivity contribution in [3.63, 3.8) is 0 Å². The summed E-state index contributed by atoms with van der Waals surface area (Å²) in [5, 5.41) is 6.02. The van der Waals surface area contributed by atoms with Crippen molar-refractivity contribution in [2.45, 2.75) is 13.8 Å². The van der Waals surface area contributed by atoms with E-state index >= 15 is 0 Å². The molecule has 0 bridgehead atoms. The fraction of sp³-hybridized carbons (Fsp3) is 0.304. The largest absolute Gasteiger partial charge is 0.465 e. The lowest BCUT2D eigenvalue weighted by Gasteiger charge is -2.25. The highest BCUT2D eigenvalue weighted by Crippen LogP contribution is 2.34. The number of hydrogen-bond acceptors (Lipinski definition) is 8. The molecule has 8 nitrogen and oxygen atoms in total. The molecule has 1 heterocycles. The number of carbonyl (C=O) groups excluding carboxylic acids is 3. The van der Waals surface area contributed by atoms with Crippen LogP contribution in [0.15, 0.2) is 58.1 Å². The van der Waals surface area contributed by atoms with Gasteiger partial charge in [-0.05, 0) is 55.8 Å². The van der Waals surface area contributed by atoms with Gasteiger partial charge in [-0.1, -0.05) is 39.7 Å². The van der Waals surface area contributed by atoms with Gasteiger partial charge in [-0.15, -0.1) is 0 Å². The van der Waals surface area contributed by atoms with Crippen LogP contribution in [-0.4, -0.2) is 54.7 Å². The first kappa shape index (κ1) is 26.1. The lowest BCUT2D eigenvalue weighted by atomic mass is 9.82. The first-order valence-corrected chi connectivity index (χ1v) is 12.2. The second-order valence-electron chi connectivity index (χ2n) is 7.54. The van der Waals surface area contributed by atoms with Gasteiger partial charge < -0.3 is 9.47 Å². The summed E-state index contributed by atoms with van der Waals surface area (Å²) in [4.78, 5) is 38.1. The minimum absolute atomic E-state index is 0.132. The lowest BCUT2D eigenvalue weighted by molar-refractivity contribution is -0.150. The van der Waals surface area contributed by atoms with Gasteiger partial charge in [0.25, 0.3) is 5.91 Å². The number of esters is 1. The molecule has 1 aliphatic heterocycles. The maximum Gasteiger partial charge on any atom is 0.388 e. The van der Waals surface area contributed by atoms with Crippen LogP contribution in [0.25, 0.3) is 0 Å². The highest BCUT2D eigenvalue weighted by Gasteiger charge is 2.47. The zero-order valence-electron chi connectivity index (χ0n) is 18.8. The number of rotatable bonds is 6. The minimum atomic E-state index is -1.10. The zero-order chi connectivity index (χ0) is 24.9. The number of amides is 1. The van der Waals surface area contributed by atoms with Crippen molar-refractivity contribution in [3.05, 3.63) is 63.6 Å². The fourth-order valence-electron chi connectivity index (χ4n) is 3.41. The van der Waals surface area contributed by atoms with Gasteiger partial charge in [0.2, 0.25) is 0 Å². The number of hydrazone groups is 1. The Labute approximate surface area is 215 Å². The first-order chi connectivity index (χ1) is 16.2. The average molecular weight is 569 g/mol. The van der Waals surface area contributed by atoms with Crippen molar-refractivity contribution in [1.82, 2.24) is 5.01 Å². The molecule has 0 saturated carbocycles. The van der Waals surface area contributed by atoms with E-state index in [9.17, 15) is 14.4 Å². The van der Waals surface area contributed by atoms with Crippen LogP contribution in [-0.2, 0) is 19.1 Å². The van der Waals surface area contributed by atoms with E-state index in [1.165, 1.54) is 16.4 Å². The van der Waals surface area contributed by atoms with Crippen LogP contribution in [0.3, 0.4) is 0 Å². The van der Waals surface area contributed by atoms with Gasteiger partial charge in [0.1, 0.15) is 12.0 Å². The van der Waals surface area contributed by atoms with E-state index in [1.807, 2.05) is 0 Å². The van der Waals surface area contributed by atoms with Crippen LogP contribution in [0.2, 0.25) is 5.02 Å². The van der Waals surface area contributed by atoms with Crippen molar-refractivity contribution >= 4 is 68.1 Å². The zero-order valence-corrected chi connectivity index (χ0v) is 21.9. The molecule has 3 rings (SSSR count). The third-order valence-corrected chi connectivity index (χ3v) is 6.74. The molecule has 0 aromatic heterocycles. The summed E-state index contributed by atoms with van der Waals surface area (Å²) < 4.78 is 12.1. The normalized spacial score (nSPS) is 17.2. The Morgan fingerprint density at radius 3 is 2.41 bits per heavy atom. The summed E-state index contributed by atoms with van der Waals surface area (Å²) in [6.07, 6.45) is 0. The number of carbonyl (C=O) groups is 3. The van der Waals surface area contributed by atoms with Crippen LogP contribution in [0.5, 0.6) is 0 Å². The Kier molecular flexibility index (Phi) is 8.62. The molecule has 1 atom stereocenters. The molecule has 11 heteroatoms. The Morgan fingerprint density at radius 2 is 1.82 bits per heavy atom. The number of anilines is 1. The van der Waals surface area contributed by atoms with Crippen LogP contribution >= 0.6 is 39.5 Å². The van der Waals surface area contributed by atoms with Crippen LogP contribution < -0.4 is 4.31 Å². The molecule has 34 heavy (non-hydrogen) atoms. The molecule has 1 aliphatic rings. The van der Waals surface area contributed by atoms with Gasteiger partial charge in [-0.2, -0.15) is 5.10 Å². The number of benzene rings is 2. The Hall–Kier alpha value is -2.56. The fourth-order valence-corrected chi connectivity index (χ4v) is 4.41. The molecular formula is C23H23BrClN3O5S. The number of ether oxygens (including phenoxy) is 2. The van der Waals surface area contributed by atoms with E-state index in [1.54, 1.807) is 62.4 Å². The van der Waals surface area contributed by atoms with Crippen LogP contribution in [0, 0.1) is 5.41 Å². The molecule has 2 aromatic rings. The molecule has 0 radical (unpaired) electrons. The second-order valence-corrected chi connectivity index (χ2v) is 9.77. The predicted octanol–water partition coefficient (Wildman–Crippen LogP) is 5.14. The number of halogens is 2. The average Bonchev–Trinajstić information content (AvgIpc) is 3.15. The van der Waals surface area contributed by atoms with E-state index < -0.39 is 22.6 Å². The van der Waals surface area contributed by atoms with Crippen LogP contribution in [0.4, 0.5) is 10.5 Å². The third-order valence-electron chi connectivity index (χ3n) is 5.04. The first-order valence-electron chi connectivity index (χ1n) is 10.3. The van der Waals surface area contributed by atoms with Crippen LogP contribution in [0.1, 0.15) is 19.4 Å². The van der Waals surface area contributed by atoms with E-state index in [-0.39, 0.29) is 19.7 Å². The maximum atomic E-state index is 13.3. The van der Waals surface area contributed by atoms with Crippen molar-refractivity contribution < 1.29 is 23.9 Å². The number of methoxy groups -OCH3 is 1. The van der Waals surface area contributed by atoms with Gasteiger partial charge in [0.15, 0.2) is 0 Å². The smallest absolute Gasteiger partial charge is 0.388 e. The van der Waals surface area contributed by atoms with E-state index in [0.717, 1.165) is 4.47 Å². The van der Waals surface area contributed by atoms with Gasteiger partial charge in [-0.3, -0.25) is 14.6 Å². The summed E-state index contributed by atoms with van der Waals surface area (Å²) >= 11 is 10.0. The van der Waals surface area contributed by atoms with E-state index in [2.05, 4.69) is 21.0 Å². The summed E-state index contributed by atoms with van der Waals surface area (Å²) in [5.74, 6) is -0.850. The van der Waals surface area contributed by atoms with Crippen molar-refractivity contribution in [2.24, 2.45) is 10.5 Å². The molecular weight excluding hydrogens is 546 g/mol. The Balaban J connectivity index is 1.90. The van der Waals surface area contributed by atoms with Gasteiger partial charge in [0, 0.05) is 9.50 Å². The maximum absolute atomic E-state index is 13.3. The third kappa shape index (κ3) is 5.92. The summed E-state index contributed by atoms with van der Waals surface area (Å²) in [7, 11) is 1.24. The second kappa shape index (κ2) is 11.2.